The lowest BCUT2D eigenvalue weighted by Crippen LogP contribution is -2.35. The van der Waals surface area contributed by atoms with Crippen molar-refractivity contribution in [3.8, 4) is 0 Å². The van der Waals surface area contributed by atoms with Gasteiger partial charge in [-0.25, -0.2) is 0 Å². The minimum Gasteiger partial charge on any atom is -0.351 e. The lowest BCUT2D eigenvalue weighted by molar-refractivity contribution is -0.122. The van der Waals surface area contributed by atoms with Gasteiger partial charge in [-0.1, -0.05) is 54.6 Å². The second kappa shape index (κ2) is 4.06. The fourth-order valence-electron chi connectivity index (χ4n) is 2.38. The standard InChI is InChI=1S/C15H13NO/c17-15-14(11-6-2-1-3-7-11)13-9-5-4-8-12(13)10-16-15/h1-9,14H,10H2,(H,16,17)/t14-/m1/s1. The number of hydrogen-bond acceptors (Lipinski definition) is 1. The summed E-state index contributed by atoms with van der Waals surface area (Å²) in [7, 11) is 0. The van der Waals surface area contributed by atoms with Crippen LogP contribution in [-0.4, -0.2) is 5.91 Å². The van der Waals surface area contributed by atoms with Crippen molar-refractivity contribution in [2.24, 2.45) is 0 Å². The summed E-state index contributed by atoms with van der Waals surface area (Å²) in [6, 6.07) is 18.1. The quantitative estimate of drug-likeness (QED) is 0.790. The number of fused-ring (bicyclic) bond motifs is 1. The van der Waals surface area contributed by atoms with E-state index in [2.05, 4.69) is 11.4 Å². The second-order valence-electron chi connectivity index (χ2n) is 4.26. The van der Waals surface area contributed by atoms with E-state index >= 15 is 0 Å². The van der Waals surface area contributed by atoms with E-state index in [4.69, 9.17) is 0 Å². The van der Waals surface area contributed by atoms with E-state index in [1.54, 1.807) is 0 Å². The van der Waals surface area contributed by atoms with E-state index in [0.29, 0.717) is 6.54 Å². The lowest BCUT2D eigenvalue weighted by Gasteiger charge is -2.25. The molecule has 0 saturated carbocycles. The highest BCUT2D eigenvalue weighted by molar-refractivity contribution is 5.89. The van der Waals surface area contributed by atoms with Crippen LogP contribution in [0.5, 0.6) is 0 Å². The zero-order valence-corrected chi connectivity index (χ0v) is 9.39. The van der Waals surface area contributed by atoms with E-state index in [1.165, 1.54) is 5.56 Å². The Balaban J connectivity index is 2.13. The van der Waals surface area contributed by atoms with E-state index in [1.807, 2.05) is 48.5 Å². The predicted octanol–water partition coefficient (Wildman–Crippen LogP) is 2.45. The Morgan fingerprint density at radius 1 is 0.941 bits per heavy atom. The molecule has 1 atom stereocenters. The molecule has 17 heavy (non-hydrogen) atoms. The maximum Gasteiger partial charge on any atom is 0.232 e. The summed E-state index contributed by atoms with van der Waals surface area (Å²) in [6.45, 7) is 0.637. The van der Waals surface area contributed by atoms with Crippen LogP contribution < -0.4 is 5.32 Å². The van der Waals surface area contributed by atoms with Crippen molar-refractivity contribution in [3.05, 3.63) is 71.3 Å². The summed E-state index contributed by atoms with van der Waals surface area (Å²) >= 11 is 0. The van der Waals surface area contributed by atoms with Gasteiger partial charge < -0.3 is 5.32 Å². The minimum atomic E-state index is -0.166. The summed E-state index contributed by atoms with van der Waals surface area (Å²) in [4.78, 5) is 12.0. The highest BCUT2D eigenvalue weighted by atomic mass is 16.1. The molecule has 2 aromatic rings. The fraction of sp³-hybridized carbons (Fsp3) is 0.133. The number of amides is 1. The topological polar surface area (TPSA) is 29.1 Å². The van der Waals surface area contributed by atoms with Gasteiger partial charge in [-0.15, -0.1) is 0 Å². The van der Waals surface area contributed by atoms with Crippen molar-refractivity contribution < 1.29 is 4.79 Å². The van der Waals surface area contributed by atoms with E-state index in [0.717, 1.165) is 11.1 Å². The first-order chi connectivity index (χ1) is 8.36. The fourth-order valence-corrected chi connectivity index (χ4v) is 2.38. The van der Waals surface area contributed by atoms with Crippen molar-refractivity contribution in [3.63, 3.8) is 0 Å². The van der Waals surface area contributed by atoms with Gasteiger partial charge in [-0.2, -0.15) is 0 Å². The first-order valence-electron chi connectivity index (χ1n) is 5.77. The van der Waals surface area contributed by atoms with Gasteiger partial charge in [0.15, 0.2) is 0 Å². The van der Waals surface area contributed by atoms with E-state index in [9.17, 15) is 4.79 Å². The van der Waals surface area contributed by atoms with Gasteiger partial charge in [0, 0.05) is 6.54 Å². The average Bonchev–Trinajstić information content (AvgIpc) is 2.39. The smallest absolute Gasteiger partial charge is 0.232 e. The number of hydrogen-bond donors (Lipinski definition) is 1. The molecule has 0 aliphatic carbocycles. The number of carbonyl (C=O) groups is 1. The zero-order chi connectivity index (χ0) is 11.7. The Morgan fingerprint density at radius 2 is 1.65 bits per heavy atom. The van der Waals surface area contributed by atoms with Crippen molar-refractivity contribution in [1.29, 1.82) is 0 Å². The molecule has 1 heterocycles. The van der Waals surface area contributed by atoms with Crippen LogP contribution in [0.1, 0.15) is 22.6 Å². The van der Waals surface area contributed by atoms with Crippen LogP contribution in [0, 0.1) is 0 Å². The molecule has 84 valence electrons. The SMILES string of the molecule is O=C1NCc2ccccc2[C@H]1c1ccccc1. The van der Waals surface area contributed by atoms with Crippen LogP contribution >= 0.6 is 0 Å². The molecule has 1 N–H and O–H groups in total. The molecule has 2 nitrogen and oxygen atoms in total. The molecule has 1 aliphatic heterocycles. The molecule has 0 radical (unpaired) electrons. The Hall–Kier alpha value is -2.09. The maximum atomic E-state index is 12.0. The van der Waals surface area contributed by atoms with Crippen molar-refractivity contribution in [1.82, 2.24) is 5.32 Å². The summed E-state index contributed by atoms with van der Waals surface area (Å²) in [5.41, 5.74) is 3.39. The molecule has 1 amide bonds. The average molecular weight is 223 g/mol. The molecule has 0 unspecified atom stereocenters. The Morgan fingerprint density at radius 3 is 2.47 bits per heavy atom. The molecular formula is C15H13NO. The number of carbonyl (C=O) groups excluding carboxylic acids is 1. The predicted molar refractivity (Wildman–Crippen MR) is 66.6 cm³/mol. The Kier molecular flexibility index (Phi) is 2.41. The Bertz CT molecular complexity index is 548. The summed E-state index contributed by atoms with van der Waals surface area (Å²) in [5, 5.41) is 2.95. The van der Waals surface area contributed by atoms with Crippen molar-refractivity contribution in [2.75, 3.05) is 0 Å². The summed E-state index contributed by atoms with van der Waals surface area (Å²) < 4.78 is 0. The van der Waals surface area contributed by atoms with Crippen LogP contribution in [0.3, 0.4) is 0 Å². The molecule has 0 fully saturated rings. The highest BCUT2D eigenvalue weighted by Crippen LogP contribution is 2.30. The van der Waals surface area contributed by atoms with Crippen LogP contribution in [-0.2, 0) is 11.3 Å². The van der Waals surface area contributed by atoms with E-state index in [-0.39, 0.29) is 11.8 Å². The first kappa shape index (κ1) is 10.1. The number of rotatable bonds is 1. The van der Waals surface area contributed by atoms with Gasteiger partial charge in [0.2, 0.25) is 5.91 Å². The van der Waals surface area contributed by atoms with Gasteiger partial charge in [0.05, 0.1) is 5.92 Å². The van der Waals surface area contributed by atoms with Crippen LogP contribution in [0.2, 0.25) is 0 Å². The maximum absolute atomic E-state index is 12.0. The second-order valence-corrected chi connectivity index (χ2v) is 4.26. The van der Waals surface area contributed by atoms with Gasteiger partial charge >= 0.3 is 0 Å². The molecule has 0 saturated heterocycles. The van der Waals surface area contributed by atoms with Gasteiger partial charge in [-0.3, -0.25) is 4.79 Å². The van der Waals surface area contributed by atoms with Crippen LogP contribution in [0.4, 0.5) is 0 Å². The highest BCUT2D eigenvalue weighted by Gasteiger charge is 2.28. The summed E-state index contributed by atoms with van der Waals surface area (Å²) in [6.07, 6.45) is 0. The third-order valence-electron chi connectivity index (χ3n) is 3.21. The molecule has 3 rings (SSSR count). The molecule has 0 aromatic heterocycles. The largest absolute Gasteiger partial charge is 0.351 e. The van der Waals surface area contributed by atoms with Crippen LogP contribution in [0.25, 0.3) is 0 Å². The molecular weight excluding hydrogens is 210 g/mol. The van der Waals surface area contributed by atoms with Gasteiger partial charge in [0.25, 0.3) is 0 Å². The number of nitrogens with one attached hydrogen (secondary N) is 1. The minimum absolute atomic E-state index is 0.0925. The zero-order valence-electron chi connectivity index (χ0n) is 9.39. The first-order valence-corrected chi connectivity index (χ1v) is 5.77. The Labute approximate surface area is 100 Å². The van der Waals surface area contributed by atoms with Crippen LogP contribution in [0.15, 0.2) is 54.6 Å². The normalized spacial score (nSPS) is 18.4. The molecule has 0 bridgehead atoms. The molecule has 2 heteroatoms. The van der Waals surface area contributed by atoms with Crippen molar-refractivity contribution in [2.45, 2.75) is 12.5 Å². The monoisotopic (exact) mass is 223 g/mol. The van der Waals surface area contributed by atoms with Gasteiger partial charge in [-0.05, 0) is 16.7 Å². The third kappa shape index (κ3) is 1.72. The van der Waals surface area contributed by atoms with Gasteiger partial charge in [0.1, 0.15) is 0 Å². The number of benzene rings is 2. The molecule has 2 aromatic carbocycles. The van der Waals surface area contributed by atoms with E-state index < -0.39 is 0 Å². The van der Waals surface area contributed by atoms with Crippen molar-refractivity contribution >= 4 is 5.91 Å². The third-order valence-corrected chi connectivity index (χ3v) is 3.21. The lowest BCUT2D eigenvalue weighted by atomic mass is 9.85. The summed E-state index contributed by atoms with van der Waals surface area (Å²) in [5.74, 6) is -0.0731. The molecule has 1 aliphatic rings. The molecule has 0 spiro atoms.